The number of hydrogen-bond acceptors (Lipinski definition) is 5. The topological polar surface area (TPSA) is 44.3 Å². The summed E-state index contributed by atoms with van der Waals surface area (Å²) >= 11 is 8.76. The standard InChI is InChI=1S/C19H18N2OS2/c22-16-7-1-4-13(10-16)19(20-14-5-2-8-17(23)11-14)21-15-6-3-9-18(24)12-15/h1-12,19-24H. The van der Waals surface area contributed by atoms with Gasteiger partial charge in [0.2, 0.25) is 0 Å². The Balaban J connectivity index is 1.91. The highest BCUT2D eigenvalue weighted by Crippen LogP contribution is 2.26. The molecule has 24 heavy (non-hydrogen) atoms. The summed E-state index contributed by atoms with van der Waals surface area (Å²) in [6.45, 7) is 0. The summed E-state index contributed by atoms with van der Waals surface area (Å²) < 4.78 is 0. The summed E-state index contributed by atoms with van der Waals surface area (Å²) in [5.74, 6) is 0.229. The summed E-state index contributed by atoms with van der Waals surface area (Å²) in [7, 11) is 0. The highest BCUT2D eigenvalue weighted by molar-refractivity contribution is 7.80. The first-order chi connectivity index (χ1) is 11.6. The molecule has 0 spiro atoms. The van der Waals surface area contributed by atoms with E-state index in [0.717, 1.165) is 26.7 Å². The molecule has 3 N–H and O–H groups in total. The average molecular weight is 355 g/mol. The van der Waals surface area contributed by atoms with E-state index in [1.54, 1.807) is 12.1 Å². The first-order valence-corrected chi connectivity index (χ1v) is 8.40. The maximum absolute atomic E-state index is 9.80. The Labute approximate surface area is 152 Å². The highest BCUT2D eigenvalue weighted by atomic mass is 32.1. The molecule has 0 unspecified atom stereocenters. The first kappa shape index (κ1) is 16.6. The Bertz CT molecular complexity index is 791. The van der Waals surface area contributed by atoms with Crippen molar-refractivity contribution in [1.29, 1.82) is 0 Å². The maximum atomic E-state index is 9.80. The van der Waals surface area contributed by atoms with E-state index in [1.165, 1.54) is 0 Å². The van der Waals surface area contributed by atoms with Gasteiger partial charge in [0.05, 0.1) is 0 Å². The summed E-state index contributed by atoms with van der Waals surface area (Å²) in [4.78, 5) is 1.76. The second kappa shape index (κ2) is 7.55. The van der Waals surface area contributed by atoms with Gasteiger partial charge < -0.3 is 15.7 Å². The third-order valence-corrected chi connectivity index (χ3v) is 4.07. The molecule has 0 aliphatic carbocycles. The molecule has 0 radical (unpaired) electrons. The molecule has 0 atom stereocenters. The number of rotatable bonds is 5. The van der Waals surface area contributed by atoms with Gasteiger partial charge in [0.15, 0.2) is 0 Å². The molecule has 0 bridgehead atoms. The quantitative estimate of drug-likeness (QED) is 0.323. The zero-order chi connectivity index (χ0) is 16.9. The van der Waals surface area contributed by atoms with Crippen LogP contribution in [0.5, 0.6) is 5.75 Å². The number of phenolic OH excluding ortho intramolecular Hbond substituents is 1. The average Bonchev–Trinajstić information content (AvgIpc) is 2.54. The zero-order valence-electron chi connectivity index (χ0n) is 12.8. The van der Waals surface area contributed by atoms with Crippen LogP contribution in [-0.4, -0.2) is 5.11 Å². The van der Waals surface area contributed by atoms with Crippen LogP contribution in [0.25, 0.3) is 0 Å². The lowest BCUT2D eigenvalue weighted by Gasteiger charge is -2.23. The molecule has 0 saturated carbocycles. The maximum Gasteiger partial charge on any atom is 0.123 e. The van der Waals surface area contributed by atoms with Gasteiger partial charge in [-0.3, -0.25) is 0 Å². The van der Waals surface area contributed by atoms with Crippen LogP contribution in [0.3, 0.4) is 0 Å². The minimum absolute atomic E-state index is 0.220. The fraction of sp³-hybridized carbons (Fsp3) is 0.0526. The van der Waals surface area contributed by atoms with Gasteiger partial charge in [-0.15, -0.1) is 25.3 Å². The molecule has 0 heterocycles. The van der Waals surface area contributed by atoms with Crippen molar-refractivity contribution in [1.82, 2.24) is 0 Å². The van der Waals surface area contributed by atoms with Crippen molar-refractivity contribution in [3.05, 3.63) is 78.4 Å². The number of anilines is 2. The Morgan fingerprint density at radius 1 is 0.708 bits per heavy atom. The lowest BCUT2D eigenvalue weighted by Crippen LogP contribution is -2.19. The van der Waals surface area contributed by atoms with Crippen LogP contribution in [0.2, 0.25) is 0 Å². The summed E-state index contributed by atoms with van der Waals surface area (Å²) in [5.41, 5.74) is 2.79. The molecule has 3 aromatic carbocycles. The fourth-order valence-corrected chi connectivity index (χ4v) is 2.88. The molecule has 0 saturated heterocycles. The van der Waals surface area contributed by atoms with Crippen LogP contribution < -0.4 is 10.6 Å². The predicted molar refractivity (Wildman–Crippen MR) is 105 cm³/mol. The van der Waals surface area contributed by atoms with Gasteiger partial charge in [0, 0.05) is 21.2 Å². The van der Waals surface area contributed by atoms with E-state index in [2.05, 4.69) is 35.9 Å². The molecular weight excluding hydrogens is 336 g/mol. The first-order valence-electron chi connectivity index (χ1n) is 7.50. The van der Waals surface area contributed by atoms with Crippen molar-refractivity contribution in [2.45, 2.75) is 16.0 Å². The van der Waals surface area contributed by atoms with Gasteiger partial charge in [-0.1, -0.05) is 24.3 Å². The normalized spacial score (nSPS) is 10.6. The molecule has 3 aromatic rings. The van der Waals surface area contributed by atoms with Gasteiger partial charge in [0.25, 0.3) is 0 Å². The van der Waals surface area contributed by atoms with E-state index in [0.29, 0.717) is 0 Å². The molecule has 3 rings (SSSR count). The lowest BCUT2D eigenvalue weighted by atomic mass is 10.1. The van der Waals surface area contributed by atoms with E-state index < -0.39 is 0 Å². The van der Waals surface area contributed by atoms with Gasteiger partial charge in [0.1, 0.15) is 11.9 Å². The summed E-state index contributed by atoms with van der Waals surface area (Å²) in [6, 6.07) is 22.8. The van der Waals surface area contributed by atoms with Crippen LogP contribution in [0.1, 0.15) is 11.7 Å². The van der Waals surface area contributed by atoms with E-state index in [9.17, 15) is 5.11 Å². The van der Waals surface area contributed by atoms with Gasteiger partial charge in [-0.25, -0.2) is 0 Å². The largest absolute Gasteiger partial charge is 0.508 e. The molecule has 3 nitrogen and oxygen atoms in total. The Hall–Kier alpha value is -2.24. The summed E-state index contributed by atoms with van der Waals surface area (Å²) in [6.07, 6.45) is -0.220. The molecule has 0 fully saturated rings. The van der Waals surface area contributed by atoms with Gasteiger partial charge in [-0.2, -0.15) is 0 Å². The van der Waals surface area contributed by atoms with Gasteiger partial charge in [-0.05, 0) is 54.1 Å². The number of aromatic hydroxyl groups is 1. The monoisotopic (exact) mass is 354 g/mol. The Kier molecular flexibility index (Phi) is 5.23. The molecule has 5 heteroatoms. The van der Waals surface area contributed by atoms with E-state index in [1.807, 2.05) is 60.7 Å². The van der Waals surface area contributed by atoms with Crippen LogP contribution >= 0.6 is 25.3 Å². The Morgan fingerprint density at radius 2 is 1.25 bits per heavy atom. The number of phenols is 1. The van der Waals surface area contributed by atoms with E-state index in [-0.39, 0.29) is 11.9 Å². The second-order valence-corrected chi connectivity index (χ2v) is 6.45. The molecular formula is C19H18N2OS2. The lowest BCUT2D eigenvalue weighted by molar-refractivity contribution is 0.474. The molecule has 0 aliphatic heterocycles. The number of nitrogens with one attached hydrogen (secondary N) is 2. The highest BCUT2D eigenvalue weighted by Gasteiger charge is 2.12. The zero-order valence-corrected chi connectivity index (χ0v) is 14.6. The van der Waals surface area contributed by atoms with Crippen LogP contribution in [0.15, 0.2) is 82.6 Å². The predicted octanol–water partition coefficient (Wildman–Crippen LogP) is 5.19. The smallest absolute Gasteiger partial charge is 0.123 e. The van der Waals surface area contributed by atoms with Crippen LogP contribution in [0.4, 0.5) is 11.4 Å². The van der Waals surface area contributed by atoms with Crippen molar-refractivity contribution >= 4 is 36.6 Å². The van der Waals surface area contributed by atoms with Crippen molar-refractivity contribution in [3.8, 4) is 5.75 Å². The van der Waals surface area contributed by atoms with Crippen LogP contribution in [0, 0.1) is 0 Å². The number of benzene rings is 3. The SMILES string of the molecule is Oc1cccc(C(Nc2cccc(S)c2)Nc2cccc(S)c2)c1. The third-order valence-electron chi connectivity index (χ3n) is 3.52. The van der Waals surface area contributed by atoms with Crippen molar-refractivity contribution < 1.29 is 5.11 Å². The Morgan fingerprint density at radius 3 is 1.75 bits per heavy atom. The van der Waals surface area contributed by atoms with Crippen molar-refractivity contribution in [2.24, 2.45) is 0 Å². The van der Waals surface area contributed by atoms with E-state index in [4.69, 9.17) is 0 Å². The van der Waals surface area contributed by atoms with Crippen LogP contribution in [-0.2, 0) is 0 Å². The minimum Gasteiger partial charge on any atom is -0.508 e. The molecule has 0 aromatic heterocycles. The molecule has 122 valence electrons. The second-order valence-electron chi connectivity index (χ2n) is 5.42. The van der Waals surface area contributed by atoms with Gasteiger partial charge >= 0.3 is 0 Å². The van der Waals surface area contributed by atoms with E-state index >= 15 is 0 Å². The summed E-state index contributed by atoms with van der Waals surface area (Å²) in [5, 5.41) is 16.7. The molecule has 0 amide bonds. The number of hydrogen-bond donors (Lipinski definition) is 5. The van der Waals surface area contributed by atoms with Crippen molar-refractivity contribution in [3.63, 3.8) is 0 Å². The van der Waals surface area contributed by atoms with Crippen molar-refractivity contribution in [2.75, 3.05) is 10.6 Å². The molecule has 0 aliphatic rings. The minimum atomic E-state index is -0.220. The number of thiol groups is 2. The fourth-order valence-electron chi connectivity index (χ4n) is 2.43. The third kappa shape index (κ3) is 4.40.